The van der Waals surface area contributed by atoms with Crippen molar-refractivity contribution < 1.29 is 9.53 Å². The van der Waals surface area contributed by atoms with Gasteiger partial charge in [0.1, 0.15) is 5.75 Å². The summed E-state index contributed by atoms with van der Waals surface area (Å²) in [7, 11) is 1.63. The molecule has 2 aromatic rings. The van der Waals surface area contributed by atoms with E-state index in [2.05, 4.69) is 22.4 Å². The van der Waals surface area contributed by atoms with E-state index in [1.807, 2.05) is 24.3 Å². The van der Waals surface area contributed by atoms with Gasteiger partial charge in [0.25, 0.3) is 0 Å². The highest BCUT2D eigenvalue weighted by Gasteiger charge is 2.10. The van der Waals surface area contributed by atoms with E-state index in [0.29, 0.717) is 18.2 Å². The molecule has 0 aliphatic carbocycles. The van der Waals surface area contributed by atoms with E-state index in [1.165, 1.54) is 11.8 Å². The zero-order valence-electron chi connectivity index (χ0n) is 14.6. The number of hydrogen-bond acceptors (Lipinski definition) is 5. The van der Waals surface area contributed by atoms with Crippen molar-refractivity contribution in [2.24, 2.45) is 0 Å². The molecular weight excluding hydrogens is 340 g/mol. The number of unbranched alkanes of at least 4 members (excludes halogenated alkanes) is 1. The number of H-pyrrole nitrogens is 1. The van der Waals surface area contributed by atoms with E-state index in [1.54, 1.807) is 11.7 Å². The molecule has 0 saturated carbocycles. The molecule has 2 rings (SSSR count). The lowest BCUT2D eigenvalue weighted by molar-refractivity contribution is -0.118. The van der Waals surface area contributed by atoms with Gasteiger partial charge in [-0.05, 0) is 30.5 Å². The molecule has 0 unspecified atom stereocenters. The second-order valence-corrected chi connectivity index (χ2v) is 6.50. The van der Waals surface area contributed by atoms with Gasteiger partial charge >= 0.3 is 5.69 Å². The van der Waals surface area contributed by atoms with Crippen molar-refractivity contribution in [3.63, 3.8) is 0 Å². The summed E-state index contributed by atoms with van der Waals surface area (Å²) in [6, 6.07) is 7.77. The van der Waals surface area contributed by atoms with Crippen LogP contribution in [0.25, 0.3) is 0 Å². The third-order valence-electron chi connectivity index (χ3n) is 3.69. The van der Waals surface area contributed by atoms with Crippen LogP contribution in [0.4, 0.5) is 0 Å². The summed E-state index contributed by atoms with van der Waals surface area (Å²) >= 11 is 1.27. The number of carbonyl (C=O) groups excluding carboxylic acids is 1. The first kappa shape index (κ1) is 19.1. The van der Waals surface area contributed by atoms with E-state index >= 15 is 0 Å². The summed E-state index contributed by atoms with van der Waals surface area (Å²) in [5, 5.41) is 9.86. The summed E-state index contributed by atoms with van der Waals surface area (Å²) in [6.45, 7) is 3.25. The van der Waals surface area contributed by atoms with Gasteiger partial charge in [-0.1, -0.05) is 37.2 Å². The van der Waals surface area contributed by atoms with E-state index in [0.717, 1.165) is 30.6 Å². The van der Waals surface area contributed by atoms with Crippen molar-refractivity contribution in [3.8, 4) is 5.75 Å². The number of aromatic nitrogens is 3. The predicted molar refractivity (Wildman–Crippen MR) is 98.2 cm³/mol. The van der Waals surface area contributed by atoms with Crippen molar-refractivity contribution in [2.75, 3.05) is 19.4 Å². The number of thioether (sulfide) groups is 1. The fourth-order valence-corrected chi connectivity index (χ4v) is 3.05. The smallest absolute Gasteiger partial charge is 0.343 e. The molecule has 1 aromatic carbocycles. The maximum atomic E-state index is 12.0. The molecule has 1 heterocycles. The Morgan fingerprint density at radius 1 is 1.36 bits per heavy atom. The van der Waals surface area contributed by atoms with Crippen LogP contribution in [0, 0.1) is 0 Å². The molecule has 0 saturated heterocycles. The highest BCUT2D eigenvalue weighted by Crippen LogP contribution is 2.13. The fourth-order valence-electron chi connectivity index (χ4n) is 2.25. The quantitative estimate of drug-likeness (QED) is 0.628. The van der Waals surface area contributed by atoms with Crippen LogP contribution >= 0.6 is 11.8 Å². The molecule has 0 aliphatic heterocycles. The minimum absolute atomic E-state index is 0.0731. The first-order valence-electron chi connectivity index (χ1n) is 8.31. The van der Waals surface area contributed by atoms with Crippen LogP contribution in [0.1, 0.15) is 25.3 Å². The summed E-state index contributed by atoms with van der Waals surface area (Å²) < 4.78 is 6.70. The largest absolute Gasteiger partial charge is 0.497 e. The number of aromatic amines is 1. The summed E-state index contributed by atoms with van der Waals surface area (Å²) in [5.74, 6) is 0.979. The number of hydrogen-bond donors (Lipinski definition) is 2. The molecular formula is C17H24N4O3S. The van der Waals surface area contributed by atoms with Gasteiger partial charge in [-0.25, -0.2) is 9.89 Å². The van der Waals surface area contributed by atoms with Gasteiger partial charge in [-0.15, -0.1) is 5.10 Å². The molecule has 8 heteroatoms. The Labute approximate surface area is 151 Å². The topological polar surface area (TPSA) is 89.0 Å². The third-order valence-corrected chi connectivity index (χ3v) is 4.66. The molecule has 7 nitrogen and oxygen atoms in total. The van der Waals surface area contributed by atoms with Crippen LogP contribution in [-0.4, -0.2) is 40.1 Å². The Morgan fingerprint density at radius 3 is 2.80 bits per heavy atom. The number of methoxy groups -OCH3 is 1. The Bertz CT molecular complexity index is 724. The molecule has 0 spiro atoms. The number of amides is 1. The zero-order valence-corrected chi connectivity index (χ0v) is 15.4. The first-order chi connectivity index (χ1) is 12.1. The van der Waals surface area contributed by atoms with Crippen LogP contribution < -0.4 is 15.7 Å². The molecule has 0 fully saturated rings. The lowest BCUT2D eigenvalue weighted by Gasteiger charge is -2.07. The number of nitrogens with zero attached hydrogens (tertiary/aromatic N) is 2. The maximum absolute atomic E-state index is 12.0. The minimum atomic E-state index is -0.226. The Kier molecular flexibility index (Phi) is 7.59. The van der Waals surface area contributed by atoms with E-state index in [4.69, 9.17) is 4.74 Å². The second-order valence-electron chi connectivity index (χ2n) is 5.55. The number of benzene rings is 1. The highest BCUT2D eigenvalue weighted by molar-refractivity contribution is 7.99. The van der Waals surface area contributed by atoms with Crippen molar-refractivity contribution >= 4 is 17.7 Å². The molecule has 25 heavy (non-hydrogen) atoms. The van der Waals surface area contributed by atoms with Gasteiger partial charge in [0.15, 0.2) is 5.16 Å². The van der Waals surface area contributed by atoms with Gasteiger partial charge in [0.2, 0.25) is 5.91 Å². The average Bonchev–Trinajstić information content (AvgIpc) is 2.98. The van der Waals surface area contributed by atoms with E-state index < -0.39 is 0 Å². The molecule has 0 atom stereocenters. The Hall–Kier alpha value is -2.22. The van der Waals surface area contributed by atoms with Crippen molar-refractivity contribution in [2.45, 2.75) is 37.9 Å². The van der Waals surface area contributed by atoms with Crippen LogP contribution in [0.15, 0.2) is 34.2 Å². The fraction of sp³-hybridized carbons (Fsp3) is 0.471. The second kappa shape index (κ2) is 9.93. The Balaban J connectivity index is 1.74. The lowest BCUT2D eigenvalue weighted by Crippen LogP contribution is -2.27. The van der Waals surface area contributed by atoms with Gasteiger partial charge < -0.3 is 10.1 Å². The zero-order chi connectivity index (χ0) is 18.1. The van der Waals surface area contributed by atoms with E-state index in [-0.39, 0.29) is 17.3 Å². The number of ether oxygens (including phenoxy) is 1. The maximum Gasteiger partial charge on any atom is 0.343 e. The SMILES string of the molecule is CCCCn1c(SCC(=O)NCCc2ccc(OC)cc2)n[nH]c1=O. The summed E-state index contributed by atoms with van der Waals surface area (Å²) in [5.41, 5.74) is 0.908. The highest BCUT2D eigenvalue weighted by atomic mass is 32.2. The van der Waals surface area contributed by atoms with Crippen LogP contribution in [0.5, 0.6) is 5.75 Å². The van der Waals surface area contributed by atoms with Crippen molar-refractivity contribution in [3.05, 3.63) is 40.3 Å². The van der Waals surface area contributed by atoms with Crippen LogP contribution in [0.2, 0.25) is 0 Å². The molecule has 136 valence electrons. The average molecular weight is 364 g/mol. The predicted octanol–water partition coefficient (Wildman–Crippen LogP) is 1.83. The minimum Gasteiger partial charge on any atom is -0.497 e. The monoisotopic (exact) mass is 364 g/mol. The van der Waals surface area contributed by atoms with Crippen molar-refractivity contribution in [1.29, 1.82) is 0 Å². The van der Waals surface area contributed by atoms with Crippen LogP contribution in [0.3, 0.4) is 0 Å². The first-order valence-corrected chi connectivity index (χ1v) is 9.30. The van der Waals surface area contributed by atoms with Gasteiger partial charge in [-0.2, -0.15) is 0 Å². The Morgan fingerprint density at radius 2 is 2.12 bits per heavy atom. The molecule has 2 N–H and O–H groups in total. The van der Waals surface area contributed by atoms with E-state index in [9.17, 15) is 9.59 Å². The number of carbonyl (C=O) groups is 1. The molecule has 1 amide bonds. The van der Waals surface area contributed by atoms with Gasteiger partial charge in [0.05, 0.1) is 12.9 Å². The van der Waals surface area contributed by atoms with Gasteiger partial charge in [-0.3, -0.25) is 9.36 Å². The normalized spacial score (nSPS) is 10.6. The van der Waals surface area contributed by atoms with Crippen LogP contribution in [-0.2, 0) is 17.8 Å². The lowest BCUT2D eigenvalue weighted by atomic mass is 10.1. The summed E-state index contributed by atoms with van der Waals surface area (Å²) in [4.78, 5) is 23.6. The number of nitrogens with one attached hydrogen (secondary N) is 2. The van der Waals surface area contributed by atoms with Gasteiger partial charge in [0, 0.05) is 13.1 Å². The number of rotatable bonds is 10. The molecule has 0 radical (unpaired) electrons. The standard InChI is InChI=1S/C17H24N4O3S/c1-3-4-11-21-16(23)19-20-17(21)25-12-15(22)18-10-9-13-5-7-14(24-2)8-6-13/h5-8H,3-4,9-12H2,1-2H3,(H,18,22)(H,19,23). The summed E-state index contributed by atoms with van der Waals surface area (Å²) in [6.07, 6.45) is 2.65. The molecule has 0 aliphatic rings. The molecule has 1 aromatic heterocycles. The third kappa shape index (κ3) is 5.97. The molecule has 0 bridgehead atoms. The van der Waals surface area contributed by atoms with Crippen molar-refractivity contribution in [1.82, 2.24) is 20.1 Å².